The Hall–Kier alpha value is -1.44. The highest BCUT2D eigenvalue weighted by Crippen LogP contribution is 2.07. The molecule has 0 atom stereocenters. The van der Waals surface area contributed by atoms with Crippen LogP contribution in [0.1, 0.15) is 10.5 Å². The van der Waals surface area contributed by atoms with Gasteiger partial charge in [0.2, 0.25) is 0 Å². The average molecular weight is 328 g/mol. The summed E-state index contributed by atoms with van der Waals surface area (Å²) >= 11 is 2.14. The Morgan fingerprint density at radius 3 is 2.81 bits per heavy atom. The first-order valence-corrected chi connectivity index (χ1v) is 5.64. The minimum Gasteiger partial charge on any atom is -0.318 e. The van der Waals surface area contributed by atoms with Gasteiger partial charge in [-0.1, -0.05) is 0 Å². The van der Waals surface area contributed by atoms with E-state index in [2.05, 4.69) is 38.0 Å². The summed E-state index contributed by atoms with van der Waals surface area (Å²) in [6.45, 7) is 0. The summed E-state index contributed by atoms with van der Waals surface area (Å²) in [5.41, 5.74) is 1.05. The molecule has 6 heteroatoms. The lowest BCUT2D eigenvalue weighted by Gasteiger charge is -2.01. The van der Waals surface area contributed by atoms with E-state index in [1.165, 1.54) is 0 Å². The number of nitrogens with zero attached hydrogens (tertiary/aromatic N) is 3. The van der Waals surface area contributed by atoms with Gasteiger partial charge in [0.15, 0.2) is 0 Å². The third-order valence-corrected chi connectivity index (χ3v) is 2.56. The van der Waals surface area contributed by atoms with Gasteiger partial charge in [-0.05, 0) is 34.7 Å². The molecule has 0 fully saturated rings. The van der Waals surface area contributed by atoms with E-state index in [9.17, 15) is 4.79 Å². The molecule has 5 nitrogen and oxygen atoms in total. The van der Waals surface area contributed by atoms with Crippen LogP contribution in [0.25, 0.3) is 0 Å². The van der Waals surface area contributed by atoms with Crippen LogP contribution in [0, 0.1) is 3.57 Å². The lowest BCUT2D eigenvalue weighted by Crippen LogP contribution is -2.13. The summed E-state index contributed by atoms with van der Waals surface area (Å²) in [6.07, 6.45) is 4.97. The highest BCUT2D eigenvalue weighted by molar-refractivity contribution is 14.1. The second-order valence-corrected chi connectivity index (χ2v) is 4.46. The van der Waals surface area contributed by atoms with Crippen LogP contribution >= 0.6 is 22.6 Å². The summed E-state index contributed by atoms with van der Waals surface area (Å²) in [5, 5.41) is 6.67. The van der Waals surface area contributed by atoms with E-state index >= 15 is 0 Å². The zero-order chi connectivity index (χ0) is 11.5. The fraction of sp³-hybridized carbons (Fsp3) is 0.100. The van der Waals surface area contributed by atoms with Crippen molar-refractivity contribution in [3.63, 3.8) is 0 Å². The molecule has 0 saturated carbocycles. The molecule has 0 aliphatic rings. The van der Waals surface area contributed by atoms with Gasteiger partial charge in [-0.2, -0.15) is 5.10 Å². The molecule has 16 heavy (non-hydrogen) atoms. The molecule has 2 aromatic rings. The maximum absolute atomic E-state index is 11.7. The van der Waals surface area contributed by atoms with Crippen LogP contribution in [0.4, 0.5) is 5.69 Å². The molecular formula is C10H9IN4O. The van der Waals surface area contributed by atoms with Crippen molar-refractivity contribution < 1.29 is 4.79 Å². The monoisotopic (exact) mass is 328 g/mol. The third kappa shape index (κ3) is 2.57. The van der Waals surface area contributed by atoms with Crippen LogP contribution < -0.4 is 5.32 Å². The topological polar surface area (TPSA) is 59.8 Å². The first-order valence-electron chi connectivity index (χ1n) is 4.57. The van der Waals surface area contributed by atoms with E-state index in [1.54, 1.807) is 36.4 Å². The second-order valence-electron chi connectivity index (χ2n) is 3.22. The smallest absolute Gasteiger partial charge is 0.274 e. The quantitative estimate of drug-likeness (QED) is 0.853. The van der Waals surface area contributed by atoms with E-state index in [-0.39, 0.29) is 5.91 Å². The van der Waals surface area contributed by atoms with Crippen molar-refractivity contribution in [2.45, 2.75) is 0 Å². The number of pyridine rings is 1. The van der Waals surface area contributed by atoms with Gasteiger partial charge in [0.25, 0.3) is 5.91 Å². The predicted molar refractivity (Wildman–Crippen MR) is 68.1 cm³/mol. The zero-order valence-corrected chi connectivity index (χ0v) is 10.7. The van der Waals surface area contributed by atoms with Crippen molar-refractivity contribution >= 4 is 34.2 Å². The van der Waals surface area contributed by atoms with Crippen LogP contribution in [-0.2, 0) is 7.05 Å². The largest absolute Gasteiger partial charge is 0.318 e. The Morgan fingerprint density at radius 2 is 2.25 bits per heavy atom. The molecule has 0 radical (unpaired) electrons. The normalized spacial score (nSPS) is 10.1. The molecule has 0 unspecified atom stereocenters. The van der Waals surface area contributed by atoms with Gasteiger partial charge in [0, 0.05) is 23.0 Å². The van der Waals surface area contributed by atoms with Crippen molar-refractivity contribution in [1.82, 2.24) is 14.8 Å². The number of amides is 1. The molecule has 0 aromatic carbocycles. The molecule has 2 heterocycles. The number of carbonyl (C=O) groups excluding carboxylic acids is 1. The average Bonchev–Trinajstić information content (AvgIpc) is 2.65. The van der Waals surface area contributed by atoms with Crippen LogP contribution in [0.3, 0.4) is 0 Å². The molecule has 0 bridgehead atoms. The van der Waals surface area contributed by atoms with Gasteiger partial charge < -0.3 is 5.32 Å². The summed E-state index contributed by atoms with van der Waals surface area (Å²) in [7, 11) is 1.79. The van der Waals surface area contributed by atoms with Gasteiger partial charge in [-0.3, -0.25) is 9.48 Å². The molecule has 0 aliphatic carbocycles. The Labute approximate surface area is 106 Å². The molecule has 0 saturated heterocycles. The Balaban J connectivity index is 2.11. The van der Waals surface area contributed by atoms with Crippen LogP contribution in [-0.4, -0.2) is 20.7 Å². The number of halogens is 1. The molecule has 1 amide bonds. The number of hydrogen-bond donors (Lipinski definition) is 1. The number of anilines is 1. The van der Waals surface area contributed by atoms with E-state index in [1.807, 2.05) is 6.07 Å². The third-order valence-electron chi connectivity index (χ3n) is 1.92. The molecule has 0 spiro atoms. The molecule has 0 aliphatic heterocycles. The maximum atomic E-state index is 11.7. The first kappa shape index (κ1) is 11.1. The maximum Gasteiger partial charge on any atom is 0.274 e. The fourth-order valence-electron chi connectivity index (χ4n) is 1.19. The summed E-state index contributed by atoms with van der Waals surface area (Å²) < 4.78 is 2.62. The molecule has 1 N–H and O–H groups in total. The summed E-state index contributed by atoms with van der Waals surface area (Å²) in [6, 6.07) is 3.53. The van der Waals surface area contributed by atoms with Gasteiger partial charge in [0.1, 0.15) is 5.69 Å². The van der Waals surface area contributed by atoms with Crippen molar-refractivity contribution in [2.75, 3.05) is 5.32 Å². The van der Waals surface area contributed by atoms with E-state index in [0.29, 0.717) is 11.4 Å². The molecule has 2 aromatic heterocycles. The van der Waals surface area contributed by atoms with Crippen molar-refractivity contribution in [1.29, 1.82) is 0 Å². The highest BCUT2D eigenvalue weighted by atomic mass is 127. The van der Waals surface area contributed by atoms with Crippen LogP contribution in [0.2, 0.25) is 0 Å². The highest BCUT2D eigenvalue weighted by Gasteiger charge is 2.07. The fourth-order valence-corrected chi connectivity index (χ4v) is 1.51. The van der Waals surface area contributed by atoms with Gasteiger partial charge in [-0.15, -0.1) is 0 Å². The number of rotatable bonds is 2. The molecule has 82 valence electrons. The number of aryl methyl sites for hydroxylation is 1. The van der Waals surface area contributed by atoms with E-state index in [0.717, 1.165) is 3.57 Å². The number of carbonyl (C=O) groups is 1. The van der Waals surface area contributed by atoms with Crippen molar-refractivity contribution in [2.24, 2.45) is 7.05 Å². The number of hydrogen-bond acceptors (Lipinski definition) is 3. The van der Waals surface area contributed by atoms with Gasteiger partial charge in [-0.25, -0.2) is 4.98 Å². The van der Waals surface area contributed by atoms with Crippen molar-refractivity contribution in [3.05, 3.63) is 40.0 Å². The van der Waals surface area contributed by atoms with Gasteiger partial charge in [0.05, 0.1) is 11.9 Å². The lowest BCUT2D eigenvalue weighted by molar-refractivity contribution is 0.102. The Morgan fingerprint density at radius 1 is 1.44 bits per heavy atom. The van der Waals surface area contributed by atoms with E-state index < -0.39 is 0 Å². The first-order chi connectivity index (χ1) is 7.65. The van der Waals surface area contributed by atoms with E-state index in [4.69, 9.17) is 0 Å². The Kier molecular flexibility index (Phi) is 3.18. The summed E-state index contributed by atoms with van der Waals surface area (Å²) in [5.74, 6) is -0.232. The standard InChI is InChI=1S/C10H9IN4O/c1-15-6-8(5-13-15)14-10(16)9-3-2-7(11)4-12-9/h2-6H,1H3,(H,14,16). The minimum absolute atomic E-state index is 0.232. The predicted octanol–water partition coefficient (Wildman–Crippen LogP) is 1.67. The molecular weight excluding hydrogens is 319 g/mol. The SMILES string of the molecule is Cn1cc(NC(=O)c2ccc(I)cn2)cn1. The number of nitrogens with one attached hydrogen (secondary N) is 1. The number of aromatic nitrogens is 3. The Bertz CT molecular complexity index is 506. The lowest BCUT2D eigenvalue weighted by atomic mass is 10.3. The van der Waals surface area contributed by atoms with Crippen LogP contribution in [0.5, 0.6) is 0 Å². The minimum atomic E-state index is -0.232. The molecule has 2 rings (SSSR count). The summed E-state index contributed by atoms with van der Waals surface area (Å²) in [4.78, 5) is 15.8. The van der Waals surface area contributed by atoms with Crippen LogP contribution in [0.15, 0.2) is 30.7 Å². The zero-order valence-electron chi connectivity index (χ0n) is 8.51. The second kappa shape index (κ2) is 4.60. The van der Waals surface area contributed by atoms with Gasteiger partial charge >= 0.3 is 0 Å². The van der Waals surface area contributed by atoms with Crippen molar-refractivity contribution in [3.8, 4) is 0 Å².